The van der Waals surface area contributed by atoms with Crippen molar-refractivity contribution < 1.29 is 28.6 Å². The average molecular weight is 927 g/mol. The first kappa shape index (κ1) is 62.8. The summed E-state index contributed by atoms with van der Waals surface area (Å²) < 4.78 is 16.8. The second-order valence-corrected chi connectivity index (χ2v) is 17.4. The van der Waals surface area contributed by atoms with Crippen LogP contribution in [0.5, 0.6) is 0 Å². The molecule has 378 valence electrons. The predicted molar refractivity (Wildman–Crippen MR) is 288 cm³/mol. The van der Waals surface area contributed by atoms with Gasteiger partial charge in [-0.05, 0) is 122 Å². The Morgan fingerprint density at radius 2 is 0.597 bits per heavy atom. The Kier molecular flexibility index (Phi) is 51.0. The molecule has 0 fully saturated rings. The zero-order valence-electron chi connectivity index (χ0n) is 43.1. The third-order valence-electron chi connectivity index (χ3n) is 10.9. The lowest BCUT2D eigenvalue weighted by Gasteiger charge is -2.18. The van der Waals surface area contributed by atoms with E-state index >= 15 is 0 Å². The molecule has 1 unspecified atom stereocenters. The maximum atomic E-state index is 12.8. The highest BCUT2D eigenvalue weighted by molar-refractivity contribution is 5.71. The molecule has 0 bridgehead atoms. The number of hydrogen-bond donors (Lipinski definition) is 0. The van der Waals surface area contributed by atoms with Crippen LogP contribution in [0.25, 0.3) is 0 Å². The minimum absolute atomic E-state index is 0.113. The topological polar surface area (TPSA) is 78.9 Å². The van der Waals surface area contributed by atoms with Crippen LogP contribution in [0.4, 0.5) is 0 Å². The second-order valence-electron chi connectivity index (χ2n) is 17.4. The lowest BCUT2D eigenvalue weighted by molar-refractivity contribution is -0.167. The van der Waals surface area contributed by atoms with Crippen LogP contribution < -0.4 is 0 Å². The standard InChI is InChI=1S/C61H98O6/c1-4-7-10-13-16-19-22-25-27-29-30-32-33-36-39-42-45-48-51-54-60(63)66-57-58(56-65-59(62)53-50-47-44-41-38-35-24-21-18-15-12-9-6-3)67-61(64)55-52-49-46-43-40-37-34-31-28-26-23-20-17-14-11-8-5-2/h7-8,10-11,16-17,19-21,24-28,30,32,34,37,43,46,58H,4-6,9,12-15,18,22-23,29,31,33,35-36,38-42,44-45,47-57H2,1-3H3/b10-7-,11-8-,19-16-,20-17-,24-21-,27-25-,28-26-,32-30-,37-34-,46-43-. The van der Waals surface area contributed by atoms with Gasteiger partial charge in [0.2, 0.25) is 0 Å². The molecule has 1 atom stereocenters. The largest absolute Gasteiger partial charge is 0.462 e. The molecule has 0 aromatic rings. The maximum Gasteiger partial charge on any atom is 0.306 e. The van der Waals surface area contributed by atoms with E-state index in [-0.39, 0.29) is 37.5 Å². The molecule has 0 aromatic heterocycles. The van der Waals surface area contributed by atoms with Crippen LogP contribution in [-0.4, -0.2) is 37.2 Å². The number of unbranched alkanes of at least 4 members (excludes halogenated alkanes) is 16. The number of allylic oxidation sites excluding steroid dienone is 20. The molecule has 0 rings (SSSR count). The molecule has 6 heteroatoms. The molecule has 67 heavy (non-hydrogen) atoms. The Balaban J connectivity index is 4.52. The minimum Gasteiger partial charge on any atom is -0.462 e. The van der Waals surface area contributed by atoms with Crippen LogP contribution in [0.2, 0.25) is 0 Å². The average Bonchev–Trinajstić information content (AvgIpc) is 3.33. The number of carbonyl (C=O) groups is 3. The van der Waals surface area contributed by atoms with E-state index in [0.717, 1.165) is 128 Å². The van der Waals surface area contributed by atoms with Crippen LogP contribution >= 0.6 is 0 Å². The summed E-state index contributed by atoms with van der Waals surface area (Å²) in [6.07, 6.45) is 74.7. The Morgan fingerprint density at radius 1 is 0.313 bits per heavy atom. The normalized spacial score (nSPS) is 13.1. The molecule has 0 aliphatic carbocycles. The van der Waals surface area contributed by atoms with E-state index in [2.05, 4.69) is 142 Å². The first-order valence-corrected chi connectivity index (χ1v) is 27.0. The summed E-state index contributed by atoms with van der Waals surface area (Å²) in [6, 6.07) is 0. The van der Waals surface area contributed by atoms with Gasteiger partial charge in [-0.15, -0.1) is 0 Å². The van der Waals surface area contributed by atoms with Crippen molar-refractivity contribution in [3.05, 3.63) is 122 Å². The van der Waals surface area contributed by atoms with E-state index in [1.54, 1.807) is 0 Å². The monoisotopic (exact) mass is 927 g/mol. The van der Waals surface area contributed by atoms with Crippen LogP contribution in [0.15, 0.2) is 122 Å². The Hall–Kier alpha value is -4.19. The van der Waals surface area contributed by atoms with Crippen molar-refractivity contribution in [2.45, 2.75) is 232 Å². The first-order chi connectivity index (χ1) is 33.0. The number of ether oxygens (including phenoxy) is 3. The summed E-state index contributed by atoms with van der Waals surface area (Å²) in [7, 11) is 0. The highest BCUT2D eigenvalue weighted by Gasteiger charge is 2.19. The minimum atomic E-state index is -0.820. The zero-order chi connectivity index (χ0) is 48.6. The summed E-state index contributed by atoms with van der Waals surface area (Å²) in [5, 5.41) is 0. The lowest BCUT2D eigenvalue weighted by atomic mass is 10.1. The van der Waals surface area contributed by atoms with Gasteiger partial charge in [-0.2, -0.15) is 0 Å². The van der Waals surface area contributed by atoms with Gasteiger partial charge in [-0.1, -0.05) is 206 Å². The molecule has 0 heterocycles. The quantitative estimate of drug-likeness (QED) is 0.0262. The third kappa shape index (κ3) is 52.6. The highest BCUT2D eigenvalue weighted by Crippen LogP contribution is 2.13. The zero-order valence-corrected chi connectivity index (χ0v) is 43.1. The van der Waals surface area contributed by atoms with Gasteiger partial charge < -0.3 is 14.2 Å². The van der Waals surface area contributed by atoms with Crippen molar-refractivity contribution in [2.24, 2.45) is 0 Å². The van der Waals surface area contributed by atoms with E-state index in [4.69, 9.17) is 14.2 Å². The predicted octanol–water partition coefficient (Wildman–Crippen LogP) is 18.1. The van der Waals surface area contributed by atoms with Gasteiger partial charge in [0, 0.05) is 19.3 Å². The fourth-order valence-corrected chi connectivity index (χ4v) is 6.93. The van der Waals surface area contributed by atoms with Crippen LogP contribution in [-0.2, 0) is 28.6 Å². The highest BCUT2D eigenvalue weighted by atomic mass is 16.6. The van der Waals surface area contributed by atoms with Crippen LogP contribution in [0, 0.1) is 0 Å². The lowest BCUT2D eigenvalue weighted by Crippen LogP contribution is -2.30. The molecule has 0 saturated heterocycles. The van der Waals surface area contributed by atoms with E-state index in [9.17, 15) is 14.4 Å². The summed E-state index contributed by atoms with van der Waals surface area (Å²) in [6.45, 7) is 6.32. The molecule has 0 amide bonds. The van der Waals surface area contributed by atoms with Crippen LogP contribution in [0.3, 0.4) is 0 Å². The van der Waals surface area contributed by atoms with Gasteiger partial charge in [0.25, 0.3) is 0 Å². The van der Waals surface area contributed by atoms with E-state index in [1.165, 1.54) is 51.4 Å². The van der Waals surface area contributed by atoms with Crippen molar-refractivity contribution in [3.8, 4) is 0 Å². The molecule has 0 aliphatic rings. The van der Waals surface area contributed by atoms with E-state index < -0.39 is 6.10 Å². The number of carbonyl (C=O) groups excluding carboxylic acids is 3. The van der Waals surface area contributed by atoms with Crippen molar-refractivity contribution in [1.82, 2.24) is 0 Å². The maximum absolute atomic E-state index is 12.8. The summed E-state index contributed by atoms with van der Waals surface area (Å²) >= 11 is 0. The smallest absolute Gasteiger partial charge is 0.306 e. The van der Waals surface area contributed by atoms with Crippen molar-refractivity contribution in [2.75, 3.05) is 13.2 Å². The molecular formula is C61H98O6. The fourth-order valence-electron chi connectivity index (χ4n) is 6.93. The Labute approximate surface area is 412 Å². The van der Waals surface area contributed by atoms with Gasteiger partial charge >= 0.3 is 17.9 Å². The summed E-state index contributed by atoms with van der Waals surface area (Å²) in [5.74, 6) is -0.999. The Morgan fingerprint density at radius 3 is 0.970 bits per heavy atom. The van der Waals surface area contributed by atoms with E-state index in [0.29, 0.717) is 19.3 Å². The SMILES string of the molecule is CC/C=C\C/C=C\C/C=C\C/C=C\C/C=C\CCCC(=O)OC(COC(=O)CCCCCCC/C=C\CCCCCC)COC(=O)CCCCCCCC/C=C\C/C=C\C/C=C\C/C=C\CC. The molecule has 0 aromatic carbocycles. The summed E-state index contributed by atoms with van der Waals surface area (Å²) in [4.78, 5) is 38.1. The van der Waals surface area contributed by atoms with Crippen molar-refractivity contribution >= 4 is 17.9 Å². The van der Waals surface area contributed by atoms with E-state index in [1.807, 2.05) is 0 Å². The van der Waals surface area contributed by atoms with Crippen molar-refractivity contribution in [3.63, 3.8) is 0 Å². The molecular weight excluding hydrogens is 829 g/mol. The van der Waals surface area contributed by atoms with Gasteiger partial charge in [-0.25, -0.2) is 0 Å². The Bertz CT molecular complexity index is 1440. The number of rotatable bonds is 47. The first-order valence-electron chi connectivity index (χ1n) is 27.0. The number of hydrogen-bond acceptors (Lipinski definition) is 6. The molecule has 0 radical (unpaired) electrons. The molecule has 0 spiro atoms. The molecule has 0 aliphatic heterocycles. The summed E-state index contributed by atoms with van der Waals surface area (Å²) in [5.41, 5.74) is 0. The molecule has 0 saturated carbocycles. The molecule has 6 nitrogen and oxygen atoms in total. The van der Waals surface area contributed by atoms with Crippen molar-refractivity contribution in [1.29, 1.82) is 0 Å². The van der Waals surface area contributed by atoms with Gasteiger partial charge in [-0.3, -0.25) is 14.4 Å². The number of esters is 3. The van der Waals surface area contributed by atoms with Gasteiger partial charge in [0.05, 0.1) is 0 Å². The second kappa shape index (κ2) is 54.4. The van der Waals surface area contributed by atoms with Gasteiger partial charge in [0.15, 0.2) is 6.10 Å². The molecule has 0 N–H and O–H groups in total. The van der Waals surface area contributed by atoms with Gasteiger partial charge in [0.1, 0.15) is 13.2 Å². The van der Waals surface area contributed by atoms with Crippen LogP contribution in [0.1, 0.15) is 226 Å². The third-order valence-corrected chi connectivity index (χ3v) is 10.9. The fraction of sp³-hybridized carbons (Fsp3) is 0.623.